The van der Waals surface area contributed by atoms with E-state index in [1.54, 1.807) is 0 Å². The molecule has 0 aromatic heterocycles. The SMILES string of the molecule is CN1C[C@]2(C[C@H]1C(=O)CC(CC1CCC1)C(O)C(N)=O)C(C)(C)C21CCC1. The van der Waals surface area contributed by atoms with Crippen LogP contribution in [0, 0.1) is 28.1 Å². The Kier molecular flexibility index (Phi) is 4.51. The third-order valence-corrected chi connectivity index (χ3v) is 9.48. The van der Waals surface area contributed by atoms with Crippen LogP contribution >= 0.6 is 0 Å². The average molecular weight is 377 g/mol. The van der Waals surface area contributed by atoms with Crippen molar-refractivity contribution in [3.8, 4) is 0 Å². The Bertz CT molecular complexity index is 637. The maximum absolute atomic E-state index is 13.2. The maximum atomic E-state index is 13.2. The van der Waals surface area contributed by atoms with Crippen molar-refractivity contribution in [3.05, 3.63) is 0 Å². The van der Waals surface area contributed by atoms with Crippen LogP contribution in [-0.2, 0) is 9.59 Å². The van der Waals surface area contributed by atoms with E-state index in [1.807, 2.05) is 0 Å². The molecule has 0 aromatic carbocycles. The summed E-state index contributed by atoms with van der Waals surface area (Å²) in [5.41, 5.74) is 6.41. The molecule has 2 spiro atoms. The lowest BCUT2D eigenvalue weighted by molar-refractivity contribution is -0.132. The highest BCUT2D eigenvalue weighted by Gasteiger charge is 2.84. The Morgan fingerprint density at radius 2 is 1.85 bits per heavy atom. The fourth-order valence-corrected chi connectivity index (χ4v) is 7.25. The highest BCUT2D eigenvalue weighted by atomic mass is 16.3. The van der Waals surface area contributed by atoms with Gasteiger partial charge in [-0.25, -0.2) is 0 Å². The number of nitrogens with two attached hydrogens (primary N) is 1. The van der Waals surface area contributed by atoms with E-state index in [0.29, 0.717) is 16.7 Å². The third kappa shape index (κ3) is 2.57. The summed E-state index contributed by atoms with van der Waals surface area (Å²) < 4.78 is 0. The summed E-state index contributed by atoms with van der Waals surface area (Å²) in [7, 11) is 2.07. The molecule has 5 heteroatoms. The number of carbonyl (C=O) groups excluding carboxylic acids is 2. The van der Waals surface area contributed by atoms with E-state index >= 15 is 0 Å². The van der Waals surface area contributed by atoms with Crippen LogP contribution in [0.15, 0.2) is 0 Å². The molecule has 0 radical (unpaired) electrons. The number of hydrogen-bond donors (Lipinski definition) is 2. The molecule has 1 heterocycles. The number of primary amides is 1. The number of fused-ring (bicyclic) bond motifs is 1. The first kappa shape index (κ1) is 19.4. The molecule has 0 bridgehead atoms. The molecule has 4 atom stereocenters. The van der Waals surface area contributed by atoms with E-state index in [2.05, 4.69) is 25.8 Å². The second-order valence-electron chi connectivity index (χ2n) is 10.6. The van der Waals surface area contributed by atoms with Crippen molar-refractivity contribution in [1.82, 2.24) is 4.90 Å². The van der Waals surface area contributed by atoms with Gasteiger partial charge in [-0.05, 0) is 54.9 Å². The number of likely N-dealkylation sites (tertiary alicyclic amines) is 1. The maximum Gasteiger partial charge on any atom is 0.246 e. The van der Waals surface area contributed by atoms with Gasteiger partial charge in [-0.15, -0.1) is 0 Å². The van der Waals surface area contributed by atoms with Gasteiger partial charge in [0.25, 0.3) is 0 Å². The van der Waals surface area contributed by atoms with Gasteiger partial charge < -0.3 is 10.8 Å². The van der Waals surface area contributed by atoms with Crippen LogP contribution in [0.1, 0.15) is 71.6 Å². The van der Waals surface area contributed by atoms with E-state index in [0.717, 1.165) is 32.2 Å². The number of aliphatic hydroxyl groups is 1. The van der Waals surface area contributed by atoms with Gasteiger partial charge in [0.15, 0.2) is 0 Å². The van der Waals surface area contributed by atoms with Gasteiger partial charge in [-0.3, -0.25) is 14.5 Å². The lowest BCUT2D eigenvalue weighted by atomic mass is 9.73. The predicted molar refractivity (Wildman–Crippen MR) is 104 cm³/mol. The topological polar surface area (TPSA) is 83.6 Å². The summed E-state index contributed by atoms with van der Waals surface area (Å²) in [4.78, 5) is 27.0. The van der Waals surface area contributed by atoms with Crippen LogP contribution in [-0.4, -0.2) is 47.4 Å². The largest absolute Gasteiger partial charge is 0.383 e. The molecule has 1 aliphatic heterocycles. The molecule has 27 heavy (non-hydrogen) atoms. The first-order valence-electron chi connectivity index (χ1n) is 10.9. The molecule has 152 valence electrons. The summed E-state index contributed by atoms with van der Waals surface area (Å²) >= 11 is 0. The van der Waals surface area contributed by atoms with Gasteiger partial charge in [0, 0.05) is 18.9 Å². The summed E-state index contributed by atoms with van der Waals surface area (Å²) in [6, 6.07) is -0.0757. The molecule has 4 fully saturated rings. The van der Waals surface area contributed by atoms with Crippen LogP contribution < -0.4 is 5.73 Å². The van der Waals surface area contributed by atoms with Crippen molar-refractivity contribution in [2.75, 3.05) is 13.6 Å². The van der Waals surface area contributed by atoms with Crippen molar-refractivity contribution < 1.29 is 14.7 Å². The second-order valence-corrected chi connectivity index (χ2v) is 10.6. The molecular formula is C22H36N2O3. The minimum Gasteiger partial charge on any atom is -0.383 e. The van der Waals surface area contributed by atoms with E-state index in [4.69, 9.17) is 5.73 Å². The zero-order chi connectivity index (χ0) is 19.6. The third-order valence-electron chi connectivity index (χ3n) is 9.48. The van der Waals surface area contributed by atoms with Crippen molar-refractivity contribution in [3.63, 3.8) is 0 Å². The molecule has 3 aliphatic carbocycles. The average Bonchev–Trinajstić information content (AvgIpc) is 2.75. The van der Waals surface area contributed by atoms with E-state index in [1.165, 1.54) is 25.7 Å². The van der Waals surface area contributed by atoms with Gasteiger partial charge in [0.1, 0.15) is 11.9 Å². The fraction of sp³-hybridized carbons (Fsp3) is 0.909. The molecule has 3 saturated carbocycles. The predicted octanol–water partition coefficient (Wildman–Crippen LogP) is 2.50. The van der Waals surface area contributed by atoms with Gasteiger partial charge in [-0.1, -0.05) is 39.5 Å². The van der Waals surface area contributed by atoms with E-state index in [-0.39, 0.29) is 29.6 Å². The number of Topliss-reactive ketones (excluding diaryl/α,β-unsaturated/α-hetero) is 1. The molecule has 5 nitrogen and oxygen atoms in total. The first-order valence-corrected chi connectivity index (χ1v) is 10.9. The van der Waals surface area contributed by atoms with Crippen molar-refractivity contribution in [1.29, 1.82) is 0 Å². The van der Waals surface area contributed by atoms with E-state index in [9.17, 15) is 14.7 Å². The van der Waals surface area contributed by atoms with Gasteiger partial charge in [0.05, 0.1) is 6.04 Å². The highest BCUT2D eigenvalue weighted by molar-refractivity contribution is 5.86. The molecule has 1 saturated heterocycles. The number of amides is 1. The molecular weight excluding hydrogens is 340 g/mol. The lowest BCUT2D eigenvalue weighted by Gasteiger charge is -2.32. The zero-order valence-corrected chi connectivity index (χ0v) is 17.2. The number of aliphatic hydroxyl groups excluding tert-OH is 1. The standard InChI is InChI=1S/C22H36N2O3/c1-20(2)21(8-5-9-21)22(20)12-16(24(3)13-22)17(25)11-15(18(26)19(23)27)10-14-6-4-7-14/h14-16,18,26H,4-13H2,1-3H3,(H2,23,27)/t15?,16-,18?,22+/m0/s1. The monoisotopic (exact) mass is 376 g/mol. The number of ketones is 1. The Hall–Kier alpha value is -0.940. The molecule has 3 N–H and O–H groups in total. The van der Waals surface area contributed by atoms with Gasteiger partial charge >= 0.3 is 0 Å². The lowest BCUT2D eigenvalue weighted by Crippen LogP contribution is -2.41. The van der Waals surface area contributed by atoms with Gasteiger partial charge in [0.2, 0.25) is 5.91 Å². The van der Waals surface area contributed by atoms with E-state index < -0.39 is 12.0 Å². The number of rotatable bonds is 7. The Morgan fingerprint density at radius 3 is 2.30 bits per heavy atom. The minimum atomic E-state index is -1.20. The normalized spacial score (nSPS) is 36.2. The van der Waals surface area contributed by atoms with Crippen molar-refractivity contribution in [2.45, 2.75) is 83.8 Å². The van der Waals surface area contributed by atoms with Crippen molar-refractivity contribution in [2.24, 2.45) is 33.8 Å². The molecule has 1 amide bonds. The second kappa shape index (κ2) is 6.28. The molecule has 2 unspecified atom stereocenters. The zero-order valence-electron chi connectivity index (χ0n) is 17.2. The summed E-state index contributed by atoms with van der Waals surface area (Å²) in [6.45, 7) is 5.79. The summed E-state index contributed by atoms with van der Waals surface area (Å²) in [5.74, 6) is -0.295. The number of likely N-dealkylation sites (N-methyl/N-ethyl adjacent to an activating group) is 1. The van der Waals surface area contributed by atoms with Crippen LogP contribution in [0.5, 0.6) is 0 Å². The molecule has 0 aromatic rings. The van der Waals surface area contributed by atoms with Crippen LogP contribution in [0.25, 0.3) is 0 Å². The Balaban J connectivity index is 1.44. The molecule has 4 aliphatic rings. The Labute approximate surface area is 163 Å². The van der Waals surface area contributed by atoms with Crippen LogP contribution in [0.4, 0.5) is 0 Å². The number of carbonyl (C=O) groups is 2. The Morgan fingerprint density at radius 1 is 1.19 bits per heavy atom. The highest BCUT2D eigenvalue weighted by Crippen LogP contribution is 2.88. The summed E-state index contributed by atoms with van der Waals surface area (Å²) in [6.07, 6.45) is 8.18. The number of hydrogen-bond acceptors (Lipinski definition) is 4. The molecule has 4 rings (SSSR count). The van der Waals surface area contributed by atoms with Gasteiger partial charge in [-0.2, -0.15) is 0 Å². The summed E-state index contributed by atoms with van der Waals surface area (Å²) in [5, 5.41) is 10.3. The van der Waals surface area contributed by atoms with Crippen LogP contribution in [0.3, 0.4) is 0 Å². The fourth-order valence-electron chi connectivity index (χ4n) is 7.25. The number of nitrogens with zero attached hydrogens (tertiary/aromatic N) is 1. The first-order chi connectivity index (χ1) is 12.7. The van der Waals surface area contributed by atoms with Crippen molar-refractivity contribution >= 4 is 11.7 Å². The quantitative estimate of drug-likeness (QED) is 0.715. The van der Waals surface area contributed by atoms with Crippen LogP contribution in [0.2, 0.25) is 0 Å². The smallest absolute Gasteiger partial charge is 0.246 e. The minimum absolute atomic E-state index is 0.0757.